The molecule has 0 heterocycles. The first kappa shape index (κ1) is 9.00. The Hall–Kier alpha value is -1.09. The molecule has 66 valence electrons. The topological polar surface area (TPSA) is 32.3 Å². The third-order valence-electron chi connectivity index (χ3n) is 1.90. The molecule has 0 amide bonds. The fraction of sp³-hybridized carbons (Fsp3) is 0.333. The fourth-order valence-corrected chi connectivity index (χ4v) is 1.10. The standard InChI is InChI=1S/C9H12FNO/c1-6(11-2)9-7(10)4-3-5-8(9)12/h3-6,11-12H,1-2H3. The number of halogens is 1. The summed E-state index contributed by atoms with van der Waals surface area (Å²) in [6, 6.07) is 4.12. The van der Waals surface area contributed by atoms with Gasteiger partial charge in [-0.05, 0) is 26.1 Å². The summed E-state index contributed by atoms with van der Waals surface area (Å²) in [6.45, 7) is 1.79. The van der Waals surface area contributed by atoms with E-state index in [1.54, 1.807) is 14.0 Å². The van der Waals surface area contributed by atoms with Crippen molar-refractivity contribution in [2.75, 3.05) is 7.05 Å². The highest BCUT2D eigenvalue weighted by Gasteiger charge is 2.12. The quantitative estimate of drug-likeness (QED) is 0.707. The second-order valence-corrected chi connectivity index (χ2v) is 2.68. The molecular formula is C9H12FNO. The molecule has 0 saturated heterocycles. The van der Waals surface area contributed by atoms with Crippen LogP contribution in [0.25, 0.3) is 0 Å². The van der Waals surface area contributed by atoms with Crippen molar-refractivity contribution in [3.05, 3.63) is 29.6 Å². The average Bonchev–Trinajstić information content (AvgIpc) is 2.03. The molecular weight excluding hydrogens is 157 g/mol. The number of aromatic hydroxyl groups is 1. The zero-order valence-electron chi connectivity index (χ0n) is 7.13. The van der Waals surface area contributed by atoms with Crippen molar-refractivity contribution in [2.45, 2.75) is 13.0 Å². The summed E-state index contributed by atoms with van der Waals surface area (Å²) >= 11 is 0. The number of hydrogen-bond acceptors (Lipinski definition) is 2. The first-order chi connectivity index (χ1) is 5.66. The van der Waals surface area contributed by atoms with E-state index in [0.717, 1.165) is 0 Å². The minimum absolute atomic E-state index is 0.00292. The van der Waals surface area contributed by atoms with Crippen molar-refractivity contribution >= 4 is 0 Å². The predicted molar refractivity (Wildman–Crippen MR) is 45.5 cm³/mol. The molecule has 0 radical (unpaired) electrons. The molecule has 0 aliphatic heterocycles. The Bertz CT molecular complexity index is 255. The highest BCUT2D eigenvalue weighted by Crippen LogP contribution is 2.25. The van der Waals surface area contributed by atoms with Crippen molar-refractivity contribution in [3.63, 3.8) is 0 Å². The molecule has 0 spiro atoms. The zero-order chi connectivity index (χ0) is 9.14. The molecule has 1 unspecified atom stereocenters. The van der Waals surface area contributed by atoms with E-state index in [0.29, 0.717) is 5.56 Å². The lowest BCUT2D eigenvalue weighted by Gasteiger charge is -2.12. The van der Waals surface area contributed by atoms with Gasteiger partial charge in [-0.2, -0.15) is 0 Å². The Morgan fingerprint density at radius 3 is 2.67 bits per heavy atom. The van der Waals surface area contributed by atoms with Crippen LogP contribution in [0, 0.1) is 5.82 Å². The first-order valence-corrected chi connectivity index (χ1v) is 3.81. The lowest BCUT2D eigenvalue weighted by molar-refractivity contribution is 0.444. The molecule has 12 heavy (non-hydrogen) atoms. The Kier molecular flexibility index (Phi) is 2.65. The van der Waals surface area contributed by atoms with Crippen LogP contribution in [0.3, 0.4) is 0 Å². The van der Waals surface area contributed by atoms with Gasteiger partial charge in [-0.15, -0.1) is 0 Å². The second kappa shape index (κ2) is 3.54. The second-order valence-electron chi connectivity index (χ2n) is 2.68. The van der Waals surface area contributed by atoms with Gasteiger partial charge in [0.25, 0.3) is 0 Å². The van der Waals surface area contributed by atoms with E-state index in [9.17, 15) is 9.50 Å². The third kappa shape index (κ3) is 1.56. The number of phenols is 1. The number of benzene rings is 1. The summed E-state index contributed by atoms with van der Waals surface area (Å²) in [5.41, 5.74) is 0.319. The molecule has 2 nitrogen and oxygen atoms in total. The van der Waals surface area contributed by atoms with Crippen LogP contribution in [0.15, 0.2) is 18.2 Å². The van der Waals surface area contributed by atoms with E-state index in [1.807, 2.05) is 0 Å². The smallest absolute Gasteiger partial charge is 0.131 e. The highest BCUT2D eigenvalue weighted by molar-refractivity contribution is 5.35. The van der Waals surface area contributed by atoms with Gasteiger partial charge in [0, 0.05) is 11.6 Å². The third-order valence-corrected chi connectivity index (χ3v) is 1.90. The van der Waals surface area contributed by atoms with E-state index in [4.69, 9.17) is 0 Å². The van der Waals surface area contributed by atoms with Crippen LogP contribution in [0.2, 0.25) is 0 Å². The average molecular weight is 169 g/mol. The van der Waals surface area contributed by atoms with Crippen LogP contribution in [-0.2, 0) is 0 Å². The summed E-state index contributed by atoms with van der Waals surface area (Å²) in [4.78, 5) is 0. The van der Waals surface area contributed by atoms with Gasteiger partial charge in [0.1, 0.15) is 11.6 Å². The van der Waals surface area contributed by atoms with Gasteiger partial charge in [0.2, 0.25) is 0 Å². The Labute approximate surface area is 71.0 Å². The monoisotopic (exact) mass is 169 g/mol. The lowest BCUT2D eigenvalue weighted by atomic mass is 10.1. The lowest BCUT2D eigenvalue weighted by Crippen LogP contribution is -2.13. The molecule has 1 aromatic carbocycles. The van der Waals surface area contributed by atoms with Crippen molar-refractivity contribution in [2.24, 2.45) is 0 Å². The van der Waals surface area contributed by atoms with Crippen LogP contribution in [-0.4, -0.2) is 12.2 Å². The van der Waals surface area contributed by atoms with Gasteiger partial charge in [-0.25, -0.2) is 4.39 Å². The molecule has 1 atom stereocenters. The van der Waals surface area contributed by atoms with E-state index in [2.05, 4.69) is 5.32 Å². The SMILES string of the molecule is CNC(C)c1c(O)cccc1F. The molecule has 0 fully saturated rings. The molecule has 0 aliphatic rings. The molecule has 1 rings (SSSR count). The molecule has 0 aliphatic carbocycles. The van der Waals surface area contributed by atoms with Crippen molar-refractivity contribution in [1.82, 2.24) is 5.32 Å². The maximum Gasteiger partial charge on any atom is 0.131 e. The molecule has 0 aromatic heterocycles. The van der Waals surface area contributed by atoms with Gasteiger partial charge in [-0.3, -0.25) is 0 Å². The molecule has 1 aromatic rings. The summed E-state index contributed by atoms with van der Waals surface area (Å²) in [5.74, 6) is -0.381. The Morgan fingerprint density at radius 1 is 1.50 bits per heavy atom. The van der Waals surface area contributed by atoms with Gasteiger partial charge >= 0.3 is 0 Å². The van der Waals surface area contributed by atoms with E-state index in [-0.39, 0.29) is 17.6 Å². The van der Waals surface area contributed by atoms with Crippen LogP contribution < -0.4 is 5.32 Å². The number of nitrogens with one attached hydrogen (secondary N) is 1. The molecule has 0 bridgehead atoms. The highest BCUT2D eigenvalue weighted by atomic mass is 19.1. The molecule has 2 N–H and O–H groups in total. The van der Waals surface area contributed by atoms with Crippen LogP contribution in [0.1, 0.15) is 18.5 Å². The van der Waals surface area contributed by atoms with Gasteiger partial charge in [-0.1, -0.05) is 6.07 Å². The number of phenolic OH excluding ortho intramolecular Hbond substituents is 1. The normalized spacial score (nSPS) is 12.9. The molecule has 3 heteroatoms. The van der Waals surface area contributed by atoms with Crippen LogP contribution >= 0.6 is 0 Å². The summed E-state index contributed by atoms with van der Waals surface area (Å²) < 4.78 is 13.1. The molecule has 0 saturated carbocycles. The van der Waals surface area contributed by atoms with Gasteiger partial charge in [0.05, 0.1) is 0 Å². The van der Waals surface area contributed by atoms with Crippen molar-refractivity contribution in [3.8, 4) is 5.75 Å². The minimum Gasteiger partial charge on any atom is -0.508 e. The number of rotatable bonds is 2. The Morgan fingerprint density at radius 2 is 2.17 bits per heavy atom. The summed E-state index contributed by atoms with van der Waals surface area (Å²) in [6.07, 6.45) is 0. The fourth-order valence-electron chi connectivity index (χ4n) is 1.10. The maximum atomic E-state index is 13.1. The largest absolute Gasteiger partial charge is 0.508 e. The zero-order valence-corrected chi connectivity index (χ0v) is 7.13. The number of hydrogen-bond donors (Lipinski definition) is 2. The Balaban J connectivity index is 3.12. The van der Waals surface area contributed by atoms with E-state index in [1.165, 1.54) is 18.2 Å². The maximum absolute atomic E-state index is 13.1. The minimum atomic E-state index is -0.378. The summed E-state index contributed by atoms with van der Waals surface area (Å²) in [7, 11) is 1.72. The van der Waals surface area contributed by atoms with Crippen LogP contribution in [0.4, 0.5) is 4.39 Å². The summed E-state index contributed by atoms with van der Waals surface area (Å²) in [5, 5.41) is 12.2. The van der Waals surface area contributed by atoms with Crippen LogP contribution in [0.5, 0.6) is 5.75 Å². The predicted octanol–water partition coefficient (Wildman–Crippen LogP) is 1.81. The van der Waals surface area contributed by atoms with Crippen molar-refractivity contribution < 1.29 is 9.50 Å². The van der Waals surface area contributed by atoms with Gasteiger partial charge in [0.15, 0.2) is 0 Å². The van der Waals surface area contributed by atoms with E-state index >= 15 is 0 Å². The van der Waals surface area contributed by atoms with E-state index < -0.39 is 0 Å². The first-order valence-electron chi connectivity index (χ1n) is 3.81. The van der Waals surface area contributed by atoms with Crippen molar-refractivity contribution in [1.29, 1.82) is 0 Å². The van der Waals surface area contributed by atoms with Gasteiger partial charge < -0.3 is 10.4 Å².